The first-order valence-electron chi connectivity index (χ1n) is 9.52. The lowest BCUT2D eigenvalue weighted by Gasteiger charge is -2.36. The quantitative estimate of drug-likeness (QED) is 0.842. The van der Waals surface area contributed by atoms with Crippen molar-refractivity contribution in [1.82, 2.24) is 14.4 Å². The third-order valence-corrected chi connectivity index (χ3v) is 6.08. The zero-order valence-corrected chi connectivity index (χ0v) is 15.5. The van der Waals surface area contributed by atoms with Gasteiger partial charge in [0.05, 0.1) is 12.1 Å². The van der Waals surface area contributed by atoms with Crippen LogP contribution in [0.3, 0.4) is 0 Å². The summed E-state index contributed by atoms with van der Waals surface area (Å²) < 4.78 is 2.11. The molecule has 2 aliphatic rings. The average molecular weight is 370 g/mol. The SMILES string of the molecule is CC(=O)N1CCC(N2C[C@@H](O)[C@H](n3ccc4cc(C(N)=O)ccc43)C2)CC1. The van der Waals surface area contributed by atoms with E-state index < -0.39 is 12.0 Å². The molecule has 0 radical (unpaired) electrons. The number of hydrogen-bond acceptors (Lipinski definition) is 4. The van der Waals surface area contributed by atoms with E-state index in [1.165, 1.54) is 0 Å². The van der Waals surface area contributed by atoms with E-state index in [2.05, 4.69) is 9.47 Å². The summed E-state index contributed by atoms with van der Waals surface area (Å²) in [6.45, 7) is 4.64. The number of fused-ring (bicyclic) bond motifs is 1. The molecule has 0 aliphatic carbocycles. The molecule has 0 unspecified atom stereocenters. The number of β-amino-alcohol motifs (C(OH)–C–C–N with tert-alkyl or cyclic N) is 1. The lowest BCUT2D eigenvalue weighted by Crippen LogP contribution is -2.45. The van der Waals surface area contributed by atoms with Crippen LogP contribution < -0.4 is 5.73 Å². The number of primary amides is 1. The smallest absolute Gasteiger partial charge is 0.248 e. The van der Waals surface area contributed by atoms with Gasteiger partial charge in [0.1, 0.15) is 0 Å². The first-order chi connectivity index (χ1) is 12.9. The predicted octanol–water partition coefficient (Wildman–Crippen LogP) is 0.969. The van der Waals surface area contributed by atoms with Gasteiger partial charge >= 0.3 is 0 Å². The highest BCUT2D eigenvalue weighted by atomic mass is 16.3. The largest absolute Gasteiger partial charge is 0.390 e. The van der Waals surface area contributed by atoms with Crippen molar-refractivity contribution in [3.05, 3.63) is 36.0 Å². The standard InChI is InChI=1S/C20H26N4O3/c1-13(25)22-7-5-16(6-8-22)23-11-18(19(26)12-23)24-9-4-14-10-15(20(21)27)2-3-17(14)24/h2-4,9-10,16,18-19,26H,5-8,11-12H2,1H3,(H2,21,27)/t18-,19-/m1/s1. The van der Waals surface area contributed by atoms with Crippen molar-refractivity contribution in [2.75, 3.05) is 26.2 Å². The average Bonchev–Trinajstić information content (AvgIpc) is 3.24. The fourth-order valence-electron chi connectivity index (χ4n) is 4.52. The molecule has 2 aliphatic heterocycles. The van der Waals surface area contributed by atoms with Crippen LogP contribution >= 0.6 is 0 Å². The normalized spacial score (nSPS) is 24.6. The number of piperidine rings is 1. The van der Waals surface area contributed by atoms with Crippen molar-refractivity contribution in [2.45, 2.75) is 38.0 Å². The molecular formula is C20H26N4O3. The molecule has 2 atom stereocenters. The number of carbonyl (C=O) groups excluding carboxylic acids is 2. The second-order valence-corrected chi connectivity index (χ2v) is 7.69. The Bertz CT molecular complexity index is 869. The molecule has 144 valence electrons. The van der Waals surface area contributed by atoms with Crippen LogP contribution in [0.25, 0.3) is 10.9 Å². The van der Waals surface area contributed by atoms with E-state index in [1.54, 1.807) is 19.1 Å². The van der Waals surface area contributed by atoms with Gasteiger partial charge in [-0.2, -0.15) is 0 Å². The molecule has 0 spiro atoms. The van der Waals surface area contributed by atoms with Crippen LogP contribution in [0.1, 0.15) is 36.2 Å². The zero-order chi connectivity index (χ0) is 19.1. The van der Waals surface area contributed by atoms with Crippen molar-refractivity contribution in [1.29, 1.82) is 0 Å². The Labute approximate surface area is 158 Å². The summed E-state index contributed by atoms with van der Waals surface area (Å²) in [6, 6.07) is 7.78. The maximum absolute atomic E-state index is 11.5. The molecule has 0 saturated carbocycles. The van der Waals surface area contributed by atoms with Crippen molar-refractivity contribution in [3.63, 3.8) is 0 Å². The summed E-state index contributed by atoms with van der Waals surface area (Å²) in [7, 11) is 0. The number of amides is 2. The number of nitrogens with two attached hydrogens (primary N) is 1. The molecule has 27 heavy (non-hydrogen) atoms. The Balaban J connectivity index is 1.50. The van der Waals surface area contributed by atoms with Gasteiger partial charge in [0.25, 0.3) is 0 Å². The minimum absolute atomic E-state index is 0.0206. The van der Waals surface area contributed by atoms with Gasteiger partial charge in [-0.1, -0.05) is 0 Å². The van der Waals surface area contributed by atoms with Crippen molar-refractivity contribution < 1.29 is 14.7 Å². The number of likely N-dealkylation sites (tertiary alicyclic amines) is 2. The maximum atomic E-state index is 11.5. The Morgan fingerprint density at radius 2 is 1.89 bits per heavy atom. The summed E-state index contributed by atoms with van der Waals surface area (Å²) in [5.41, 5.74) is 6.86. The number of aromatic nitrogens is 1. The second kappa shape index (κ2) is 6.98. The number of hydrogen-bond donors (Lipinski definition) is 2. The monoisotopic (exact) mass is 370 g/mol. The minimum Gasteiger partial charge on any atom is -0.390 e. The molecule has 3 N–H and O–H groups in total. The van der Waals surface area contributed by atoms with Gasteiger partial charge < -0.3 is 20.3 Å². The Morgan fingerprint density at radius 1 is 1.15 bits per heavy atom. The van der Waals surface area contributed by atoms with Gasteiger partial charge in [-0.3, -0.25) is 14.5 Å². The van der Waals surface area contributed by atoms with Crippen LogP contribution in [-0.4, -0.2) is 69.6 Å². The third-order valence-electron chi connectivity index (χ3n) is 6.08. The summed E-state index contributed by atoms with van der Waals surface area (Å²) in [5, 5.41) is 11.7. The summed E-state index contributed by atoms with van der Waals surface area (Å²) >= 11 is 0. The number of aliphatic hydroxyl groups is 1. The molecule has 0 bridgehead atoms. The molecule has 7 nitrogen and oxygen atoms in total. The van der Waals surface area contributed by atoms with Crippen LogP contribution in [-0.2, 0) is 4.79 Å². The molecule has 2 aromatic rings. The highest BCUT2D eigenvalue weighted by Crippen LogP contribution is 2.31. The number of rotatable bonds is 3. The maximum Gasteiger partial charge on any atom is 0.248 e. The highest BCUT2D eigenvalue weighted by Gasteiger charge is 2.37. The van der Waals surface area contributed by atoms with Gasteiger partial charge in [-0.15, -0.1) is 0 Å². The van der Waals surface area contributed by atoms with Crippen LogP contribution in [0.4, 0.5) is 0 Å². The number of carbonyl (C=O) groups is 2. The molecule has 7 heteroatoms. The predicted molar refractivity (Wildman–Crippen MR) is 102 cm³/mol. The number of aliphatic hydroxyl groups excluding tert-OH is 1. The van der Waals surface area contributed by atoms with E-state index in [0.29, 0.717) is 18.2 Å². The fraction of sp³-hybridized carbons (Fsp3) is 0.500. The van der Waals surface area contributed by atoms with E-state index in [1.807, 2.05) is 23.2 Å². The lowest BCUT2D eigenvalue weighted by atomic mass is 10.0. The Morgan fingerprint density at radius 3 is 2.56 bits per heavy atom. The topological polar surface area (TPSA) is 91.8 Å². The van der Waals surface area contributed by atoms with Gasteiger partial charge in [0.15, 0.2) is 0 Å². The van der Waals surface area contributed by atoms with E-state index in [4.69, 9.17) is 5.73 Å². The molecule has 2 fully saturated rings. The van der Waals surface area contributed by atoms with Gasteiger partial charge in [-0.05, 0) is 37.1 Å². The Hall–Kier alpha value is -2.38. The molecule has 3 heterocycles. The third kappa shape index (κ3) is 3.33. The first-order valence-corrected chi connectivity index (χ1v) is 9.52. The van der Waals surface area contributed by atoms with Crippen LogP contribution in [0.5, 0.6) is 0 Å². The van der Waals surface area contributed by atoms with Crippen molar-refractivity contribution in [2.24, 2.45) is 5.73 Å². The summed E-state index contributed by atoms with van der Waals surface area (Å²) in [5.74, 6) is -0.296. The van der Waals surface area contributed by atoms with E-state index in [-0.39, 0.29) is 11.9 Å². The molecular weight excluding hydrogens is 344 g/mol. The molecule has 1 aromatic heterocycles. The van der Waals surface area contributed by atoms with Crippen LogP contribution in [0.15, 0.2) is 30.5 Å². The molecule has 4 rings (SSSR count). The van der Waals surface area contributed by atoms with Gasteiger partial charge in [-0.25, -0.2) is 0 Å². The van der Waals surface area contributed by atoms with E-state index in [9.17, 15) is 14.7 Å². The Kier molecular flexibility index (Phi) is 4.65. The highest BCUT2D eigenvalue weighted by molar-refractivity contribution is 5.97. The fourth-order valence-corrected chi connectivity index (χ4v) is 4.52. The minimum atomic E-state index is -0.442. The lowest BCUT2D eigenvalue weighted by molar-refractivity contribution is -0.130. The van der Waals surface area contributed by atoms with Crippen LogP contribution in [0.2, 0.25) is 0 Å². The molecule has 2 amide bonds. The van der Waals surface area contributed by atoms with E-state index in [0.717, 1.165) is 43.4 Å². The number of nitrogens with zero attached hydrogens (tertiary/aromatic N) is 3. The molecule has 2 saturated heterocycles. The number of benzene rings is 1. The van der Waals surface area contributed by atoms with Crippen LogP contribution in [0, 0.1) is 0 Å². The van der Waals surface area contributed by atoms with E-state index >= 15 is 0 Å². The van der Waals surface area contributed by atoms with Crippen molar-refractivity contribution >= 4 is 22.7 Å². The second-order valence-electron chi connectivity index (χ2n) is 7.69. The van der Waals surface area contributed by atoms with Gasteiger partial charge in [0.2, 0.25) is 11.8 Å². The molecule has 1 aromatic carbocycles. The summed E-state index contributed by atoms with van der Waals surface area (Å²) in [4.78, 5) is 27.2. The first kappa shape index (κ1) is 18.0. The van der Waals surface area contributed by atoms with Gasteiger partial charge in [0, 0.05) is 61.8 Å². The van der Waals surface area contributed by atoms with Crippen molar-refractivity contribution in [3.8, 4) is 0 Å². The zero-order valence-electron chi connectivity index (χ0n) is 15.5. The summed E-state index contributed by atoms with van der Waals surface area (Å²) in [6.07, 6.45) is 3.44.